The van der Waals surface area contributed by atoms with Gasteiger partial charge in [0, 0.05) is 5.92 Å². The van der Waals surface area contributed by atoms with Gasteiger partial charge in [-0.15, -0.1) is 0 Å². The van der Waals surface area contributed by atoms with Crippen molar-refractivity contribution >= 4 is 5.69 Å². The first-order valence-electron chi connectivity index (χ1n) is 8.27. The van der Waals surface area contributed by atoms with E-state index < -0.39 is 17.8 Å². The first-order valence-corrected chi connectivity index (χ1v) is 8.27. The molecule has 1 N–H and O–H groups in total. The Hall–Kier alpha value is -2.43. The van der Waals surface area contributed by atoms with E-state index in [1.165, 1.54) is 6.07 Å². The number of anilines is 1. The molecule has 0 aromatic heterocycles. The Morgan fingerprint density at radius 1 is 1.04 bits per heavy atom. The van der Waals surface area contributed by atoms with E-state index in [2.05, 4.69) is 17.5 Å². The fourth-order valence-corrected chi connectivity index (χ4v) is 4.10. The minimum absolute atomic E-state index is 0.0584. The van der Waals surface area contributed by atoms with Gasteiger partial charge in [0.1, 0.15) is 5.75 Å². The van der Waals surface area contributed by atoms with Gasteiger partial charge in [-0.05, 0) is 35.6 Å². The number of para-hydroxylation sites is 1. The maximum atomic E-state index is 13.5. The summed E-state index contributed by atoms with van der Waals surface area (Å²) in [5.74, 6) is 0.812. The number of hydrogen-bond donors (Lipinski definition) is 1. The van der Waals surface area contributed by atoms with Crippen LogP contribution < -0.4 is 10.1 Å². The van der Waals surface area contributed by atoms with Gasteiger partial charge in [-0.1, -0.05) is 42.5 Å². The zero-order valence-corrected chi connectivity index (χ0v) is 13.7. The van der Waals surface area contributed by atoms with E-state index >= 15 is 0 Å². The number of benzene rings is 2. The van der Waals surface area contributed by atoms with Gasteiger partial charge < -0.3 is 10.1 Å². The number of rotatable bonds is 2. The van der Waals surface area contributed by atoms with Crippen LogP contribution >= 0.6 is 0 Å². The summed E-state index contributed by atoms with van der Waals surface area (Å²) in [6.07, 6.45) is 0.549. The van der Waals surface area contributed by atoms with Gasteiger partial charge in [0.2, 0.25) is 0 Å². The largest absolute Gasteiger partial charge is 0.495 e. The van der Waals surface area contributed by atoms with Crippen LogP contribution in [0.25, 0.3) is 0 Å². The SMILES string of the molecule is COc1cccc2c1N[C@H](c1ccccc1C(F)(F)F)[C@H]1CC=C[C@H]21. The number of alkyl halides is 3. The maximum absolute atomic E-state index is 13.5. The summed E-state index contributed by atoms with van der Waals surface area (Å²) in [4.78, 5) is 0. The van der Waals surface area contributed by atoms with E-state index in [1.807, 2.05) is 18.2 Å². The van der Waals surface area contributed by atoms with Gasteiger partial charge >= 0.3 is 6.18 Å². The standard InChI is InChI=1S/C20H18F3NO/c1-25-17-11-5-9-14-12-7-4-8-13(12)18(24-19(14)17)15-6-2-3-10-16(15)20(21,22)23/h2-7,9-13,18,24H,8H2,1H3/t12-,13-,18-/m0/s1. The van der Waals surface area contributed by atoms with Crippen molar-refractivity contribution in [3.8, 4) is 5.75 Å². The van der Waals surface area contributed by atoms with Gasteiger partial charge in [0.15, 0.2) is 0 Å². The van der Waals surface area contributed by atoms with Crippen molar-refractivity contribution in [3.05, 3.63) is 71.3 Å². The lowest BCUT2D eigenvalue weighted by atomic mass is 9.76. The third kappa shape index (κ3) is 2.58. The summed E-state index contributed by atoms with van der Waals surface area (Å²) < 4.78 is 46.0. The Balaban J connectivity index is 1.85. The van der Waals surface area contributed by atoms with Gasteiger partial charge in [0.25, 0.3) is 0 Å². The van der Waals surface area contributed by atoms with E-state index in [9.17, 15) is 13.2 Å². The topological polar surface area (TPSA) is 21.3 Å². The summed E-state index contributed by atoms with van der Waals surface area (Å²) in [5.41, 5.74) is 1.60. The third-order valence-corrected chi connectivity index (χ3v) is 5.18. The summed E-state index contributed by atoms with van der Waals surface area (Å²) >= 11 is 0. The molecule has 0 fully saturated rings. The fraction of sp³-hybridized carbons (Fsp3) is 0.300. The molecule has 2 aromatic carbocycles. The summed E-state index contributed by atoms with van der Waals surface area (Å²) in [5, 5.41) is 3.35. The smallest absolute Gasteiger partial charge is 0.416 e. The van der Waals surface area contributed by atoms with Crippen LogP contribution in [0, 0.1) is 5.92 Å². The van der Waals surface area contributed by atoms with Crippen LogP contribution in [0.5, 0.6) is 5.75 Å². The molecule has 2 nitrogen and oxygen atoms in total. The van der Waals surface area contributed by atoms with E-state index in [0.29, 0.717) is 11.3 Å². The fourth-order valence-electron chi connectivity index (χ4n) is 4.10. The molecule has 0 saturated heterocycles. The van der Waals surface area contributed by atoms with Crippen molar-refractivity contribution in [1.29, 1.82) is 0 Å². The first-order chi connectivity index (χ1) is 12.0. The van der Waals surface area contributed by atoms with Crippen LogP contribution in [0.1, 0.15) is 35.1 Å². The average molecular weight is 345 g/mol. The molecule has 130 valence electrons. The summed E-state index contributed by atoms with van der Waals surface area (Å²) in [6.45, 7) is 0. The molecule has 0 radical (unpaired) electrons. The highest BCUT2D eigenvalue weighted by Gasteiger charge is 2.43. The van der Waals surface area contributed by atoms with Crippen LogP contribution in [0.3, 0.4) is 0 Å². The Morgan fingerprint density at radius 2 is 1.80 bits per heavy atom. The zero-order chi connectivity index (χ0) is 17.6. The summed E-state index contributed by atoms with van der Waals surface area (Å²) in [6, 6.07) is 11.2. The van der Waals surface area contributed by atoms with Gasteiger partial charge in [-0.25, -0.2) is 0 Å². The van der Waals surface area contributed by atoms with E-state index in [0.717, 1.165) is 23.7 Å². The molecule has 1 aliphatic carbocycles. The predicted octanol–water partition coefficient (Wildman–Crippen LogP) is 5.54. The van der Waals surface area contributed by atoms with Crippen LogP contribution in [-0.4, -0.2) is 7.11 Å². The van der Waals surface area contributed by atoms with Crippen molar-refractivity contribution in [1.82, 2.24) is 0 Å². The molecule has 0 spiro atoms. The maximum Gasteiger partial charge on any atom is 0.416 e. The number of methoxy groups -OCH3 is 1. The third-order valence-electron chi connectivity index (χ3n) is 5.18. The highest BCUT2D eigenvalue weighted by Crippen LogP contribution is 2.53. The molecule has 3 atom stereocenters. The molecule has 25 heavy (non-hydrogen) atoms. The number of allylic oxidation sites excluding steroid dienone is 2. The van der Waals surface area contributed by atoms with Crippen molar-refractivity contribution < 1.29 is 17.9 Å². The molecule has 1 aliphatic heterocycles. The molecular formula is C20H18F3NO. The lowest BCUT2D eigenvalue weighted by molar-refractivity contribution is -0.138. The minimum Gasteiger partial charge on any atom is -0.495 e. The molecular weight excluding hydrogens is 327 g/mol. The second-order valence-electron chi connectivity index (χ2n) is 6.49. The molecule has 4 rings (SSSR count). The van der Waals surface area contributed by atoms with Crippen molar-refractivity contribution in [2.24, 2.45) is 5.92 Å². The highest BCUT2D eigenvalue weighted by atomic mass is 19.4. The Bertz CT molecular complexity index is 828. The second kappa shape index (κ2) is 5.83. The van der Waals surface area contributed by atoms with Gasteiger partial charge in [-0.2, -0.15) is 13.2 Å². The Morgan fingerprint density at radius 3 is 2.56 bits per heavy atom. The Kier molecular flexibility index (Phi) is 3.74. The van der Waals surface area contributed by atoms with Crippen LogP contribution in [-0.2, 0) is 6.18 Å². The molecule has 1 heterocycles. The van der Waals surface area contributed by atoms with Crippen molar-refractivity contribution in [3.63, 3.8) is 0 Å². The normalized spacial score (nSPS) is 24.4. The molecule has 2 aliphatic rings. The van der Waals surface area contributed by atoms with Crippen molar-refractivity contribution in [2.45, 2.75) is 24.6 Å². The second-order valence-corrected chi connectivity index (χ2v) is 6.49. The molecule has 2 aromatic rings. The number of ether oxygens (including phenoxy) is 1. The summed E-state index contributed by atoms with van der Waals surface area (Å²) in [7, 11) is 1.58. The quantitative estimate of drug-likeness (QED) is 0.722. The molecule has 5 heteroatoms. The number of fused-ring (bicyclic) bond motifs is 3. The highest BCUT2D eigenvalue weighted by molar-refractivity contribution is 5.68. The molecule has 0 amide bonds. The minimum atomic E-state index is -4.37. The first kappa shape index (κ1) is 16.1. The number of nitrogens with one attached hydrogen (secondary N) is 1. The Labute approximate surface area is 144 Å². The van der Waals surface area contributed by atoms with Gasteiger partial charge in [0.05, 0.1) is 24.4 Å². The van der Waals surface area contributed by atoms with E-state index in [1.54, 1.807) is 19.2 Å². The number of halogens is 3. The van der Waals surface area contributed by atoms with Crippen LogP contribution in [0.2, 0.25) is 0 Å². The molecule has 0 unspecified atom stereocenters. The van der Waals surface area contributed by atoms with Gasteiger partial charge in [-0.3, -0.25) is 0 Å². The monoisotopic (exact) mass is 345 g/mol. The van der Waals surface area contributed by atoms with E-state index in [-0.39, 0.29) is 11.8 Å². The zero-order valence-electron chi connectivity index (χ0n) is 13.7. The lowest BCUT2D eigenvalue weighted by Crippen LogP contribution is -2.31. The molecule has 0 saturated carbocycles. The van der Waals surface area contributed by atoms with Crippen molar-refractivity contribution in [2.75, 3.05) is 12.4 Å². The lowest BCUT2D eigenvalue weighted by Gasteiger charge is -2.39. The molecule has 0 bridgehead atoms. The van der Waals surface area contributed by atoms with Crippen LogP contribution in [0.15, 0.2) is 54.6 Å². The number of hydrogen-bond acceptors (Lipinski definition) is 2. The average Bonchev–Trinajstić information content (AvgIpc) is 3.09. The van der Waals surface area contributed by atoms with E-state index in [4.69, 9.17) is 4.74 Å². The predicted molar refractivity (Wildman–Crippen MR) is 90.8 cm³/mol. The van der Waals surface area contributed by atoms with Crippen LogP contribution in [0.4, 0.5) is 18.9 Å².